The fourth-order valence-electron chi connectivity index (χ4n) is 3.08. The van der Waals surface area contributed by atoms with Gasteiger partial charge in [0.15, 0.2) is 11.5 Å². The predicted molar refractivity (Wildman–Crippen MR) is 103 cm³/mol. The van der Waals surface area contributed by atoms with Crippen LogP contribution in [0.2, 0.25) is 0 Å². The van der Waals surface area contributed by atoms with E-state index in [0.717, 1.165) is 11.1 Å². The maximum absolute atomic E-state index is 12.4. The fraction of sp³-hybridized carbons (Fsp3) is 0.238. The zero-order chi connectivity index (χ0) is 19.4. The second-order valence-electron chi connectivity index (χ2n) is 6.17. The molecule has 0 radical (unpaired) electrons. The van der Waals surface area contributed by atoms with Crippen molar-refractivity contribution < 1.29 is 19.1 Å². The van der Waals surface area contributed by atoms with Gasteiger partial charge in [0, 0.05) is 23.4 Å². The van der Waals surface area contributed by atoms with Gasteiger partial charge in [0.25, 0.3) is 5.91 Å². The summed E-state index contributed by atoms with van der Waals surface area (Å²) in [5.41, 5.74) is 2.94. The molecule has 3 rings (SSSR count). The summed E-state index contributed by atoms with van der Waals surface area (Å²) in [6.45, 7) is 4.35. The van der Waals surface area contributed by atoms with Crippen LogP contribution in [0.25, 0.3) is 5.70 Å². The first-order valence-electron chi connectivity index (χ1n) is 8.63. The number of fused-ring (bicyclic) bond motifs is 1. The molecule has 2 amide bonds. The molecule has 140 valence electrons. The van der Waals surface area contributed by atoms with E-state index in [9.17, 15) is 9.59 Å². The Morgan fingerprint density at radius 3 is 2.44 bits per heavy atom. The molecule has 6 heteroatoms. The summed E-state index contributed by atoms with van der Waals surface area (Å²) in [5.74, 6) is 0.900. The maximum atomic E-state index is 12.4. The summed E-state index contributed by atoms with van der Waals surface area (Å²) in [6, 6.07) is 12.9. The van der Waals surface area contributed by atoms with Crippen LogP contribution in [0.5, 0.6) is 11.5 Å². The predicted octanol–water partition coefficient (Wildman–Crippen LogP) is 2.49. The second-order valence-corrected chi connectivity index (χ2v) is 6.17. The monoisotopic (exact) mass is 366 g/mol. The van der Waals surface area contributed by atoms with Crippen molar-refractivity contribution in [1.29, 1.82) is 0 Å². The SMILES string of the molecule is C=C1c2ccccc2C(=O)N1CC(=O)NCCc1ccc(OC)c(OC)c1. The van der Waals surface area contributed by atoms with Crippen molar-refractivity contribution in [2.75, 3.05) is 27.3 Å². The van der Waals surface area contributed by atoms with Gasteiger partial charge >= 0.3 is 0 Å². The minimum Gasteiger partial charge on any atom is -0.493 e. The number of carbonyl (C=O) groups is 2. The lowest BCUT2D eigenvalue weighted by Crippen LogP contribution is -2.37. The number of carbonyl (C=O) groups excluding carboxylic acids is 2. The molecular formula is C21H22N2O4. The van der Waals surface area contributed by atoms with Crippen LogP contribution in [0.3, 0.4) is 0 Å². The Labute approximate surface area is 158 Å². The zero-order valence-electron chi connectivity index (χ0n) is 15.5. The van der Waals surface area contributed by atoms with Gasteiger partial charge in [-0.15, -0.1) is 0 Å². The summed E-state index contributed by atoms with van der Waals surface area (Å²) in [6.07, 6.45) is 0.640. The second kappa shape index (κ2) is 7.95. The highest BCUT2D eigenvalue weighted by Gasteiger charge is 2.31. The summed E-state index contributed by atoms with van der Waals surface area (Å²) in [7, 11) is 3.17. The normalized spacial score (nSPS) is 12.7. The average molecular weight is 366 g/mol. The lowest BCUT2D eigenvalue weighted by molar-refractivity contribution is -0.121. The first-order chi connectivity index (χ1) is 13.0. The molecule has 0 bridgehead atoms. The number of hydrogen-bond acceptors (Lipinski definition) is 4. The fourth-order valence-corrected chi connectivity index (χ4v) is 3.08. The highest BCUT2D eigenvalue weighted by molar-refractivity contribution is 6.10. The van der Waals surface area contributed by atoms with Gasteiger partial charge < -0.3 is 14.8 Å². The number of nitrogens with zero attached hydrogens (tertiary/aromatic N) is 1. The third kappa shape index (κ3) is 3.79. The molecule has 0 unspecified atom stereocenters. The molecule has 1 heterocycles. The van der Waals surface area contributed by atoms with Crippen molar-refractivity contribution in [1.82, 2.24) is 10.2 Å². The molecule has 0 aliphatic carbocycles. The van der Waals surface area contributed by atoms with E-state index in [4.69, 9.17) is 9.47 Å². The molecule has 0 spiro atoms. The van der Waals surface area contributed by atoms with Crippen LogP contribution in [0.15, 0.2) is 49.0 Å². The third-order valence-electron chi connectivity index (χ3n) is 4.52. The summed E-state index contributed by atoms with van der Waals surface area (Å²) in [4.78, 5) is 26.1. The van der Waals surface area contributed by atoms with E-state index >= 15 is 0 Å². The third-order valence-corrected chi connectivity index (χ3v) is 4.52. The molecule has 1 N–H and O–H groups in total. The van der Waals surface area contributed by atoms with Crippen LogP contribution < -0.4 is 14.8 Å². The molecule has 1 aliphatic rings. The molecule has 0 aromatic heterocycles. The van der Waals surface area contributed by atoms with E-state index in [1.807, 2.05) is 30.3 Å². The number of methoxy groups -OCH3 is 2. The molecule has 6 nitrogen and oxygen atoms in total. The standard InChI is InChI=1S/C21H22N2O4/c1-14-16-6-4-5-7-17(16)21(25)23(14)13-20(24)22-11-10-15-8-9-18(26-2)19(12-15)27-3/h4-9,12H,1,10-11,13H2,2-3H3,(H,22,24). The highest BCUT2D eigenvalue weighted by atomic mass is 16.5. The van der Waals surface area contributed by atoms with Crippen LogP contribution in [-0.2, 0) is 11.2 Å². The van der Waals surface area contributed by atoms with Gasteiger partial charge in [-0.2, -0.15) is 0 Å². The van der Waals surface area contributed by atoms with Crippen molar-refractivity contribution in [3.05, 3.63) is 65.7 Å². The summed E-state index contributed by atoms with van der Waals surface area (Å²) in [5, 5.41) is 2.85. The van der Waals surface area contributed by atoms with Crippen molar-refractivity contribution >= 4 is 17.5 Å². The van der Waals surface area contributed by atoms with E-state index in [1.165, 1.54) is 4.90 Å². The highest BCUT2D eigenvalue weighted by Crippen LogP contribution is 2.30. The quantitative estimate of drug-likeness (QED) is 0.818. The van der Waals surface area contributed by atoms with Gasteiger partial charge in [0.1, 0.15) is 6.54 Å². The van der Waals surface area contributed by atoms with Crippen molar-refractivity contribution in [3.8, 4) is 11.5 Å². The molecular weight excluding hydrogens is 344 g/mol. The van der Waals surface area contributed by atoms with Crippen molar-refractivity contribution in [2.24, 2.45) is 0 Å². The molecule has 0 saturated heterocycles. The van der Waals surface area contributed by atoms with Crippen LogP contribution >= 0.6 is 0 Å². The average Bonchev–Trinajstić information content (AvgIpc) is 2.93. The van der Waals surface area contributed by atoms with Gasteiger partial charge in [-0.1, -0.05) is 30.8 Å². The number of nitrogens with one attached hydrogen (secondary N) is 1. The summed E-state index contributed by atoms with van der Waals surface area (Å²) < 4.78 is 10.5. The lowest BCUT2D eigenvalue weighted by Gasteiger charge is -2.17. The number of ether oxygens (including phenoxy) is 2. The molecule has 2 aromatic rings. The molecule has 2 aromatic carbocycles. The van der Waals surface area contributed by atoms with Crippen LogP contribution in [0.4, 0.5) is 0 Å². The van der Waals surface area contributed by atoms with E-state index in [2.05, 4.69) is 11.9 Å². The first kappa shape index (κ1) is 18.5. The number of amides is 2. The summed E-state index contributed by atoms with van der Waals surface area (Å²) >= 11 is 0. The Hall–Kier alpha value is -3.28. The Morgan fingerprint density at radius 1 is 1.07 bits per heavy atom. The Morgan fingerprint density at radius 2 is 1.78 bits per heavy atom. The molecule has 1 aliphatic heterocycles. The van der Waals surface area contributed by atoms with Gasteiger partial charge in [-0.05, 0) is 30.2 Å². The molecule has 0 saturated carbocycles. The number of hydrogen-bond donors (Lipinski definition) is 1. The van der Waals surface area contributed by atoms with Crippen molar-refractivity contribution in [3.63, 3.8) is 0 Å². The molecule has 27 heavy (non-hydrogen) atoms. The molecule has 0 fully saturated rings. The van der Waals surface area contributed by atoms with Crippen LogP contribution in [0.1, 0.15) is 21.5 Å². The maximum Gasteiger partial charge on any atom is 0.259 e. The van der Waals surface area contributed by atoms with Crippen LogP contribution in [-0.4, -0.2) is 44.0 Å². The van der Waals surface area contributed by atoms with E-state index in [0.29, 0.717) is 35.7 Å². The van der Waals surface area contributed by atoms with Gasteiger partial charge in [-0.25, -0.2) is 0 Å². The van der Waals surface area contributed by atoms with Crippen LogP contribution in [0, 0.1) is 0 Å². The molecule has 0 atom stereocenters. The van der Waals surface area contributed by atoms with Gasteiger partial charge in [-0.3, -0.25) is 14.5 Å². The Kier molecular flexibility index (Phi) is 5.45. The lowest BCUT2D eigenvalue weighted by atomic mass is 10.1. The van der Waals surface area contributed by atoms with Gasteiger partial charge in [0.05, 0.1) is 14.2 Å². The van der Waals surface area contributed by atoms with E-state index < -0.39 is 0 Å². The minimum absolute atomic E-state index is 0.0434. The largest absolute Gasteiger partial charge is 0.493 e. The van der Waals surface area contributed by atoms with Crippen molar-refractivity contribution in [2.45, 2.75) is 6.42 Å². The number of benzene rings is 2. The Balaban J connectivity index is 1.54. The van der Waals surface area contributed by atoms with E-state index in [-0.39, 0.29) is 18.4 Å². The minimum atomic E-state index is -0.224. The smallest absolute Gasteiger partial charge is 0.259 e. The topological polar surface area (TPSA) is 67.9 Å². The number of rotatable bonds is 7. The zero-order valence-corrected chi connectivity index (χ0v) is 15.5. The first-order valence-corrected chi connectivity index (χ1v) is 8.63. The van der Waals surface area contributed by atoms with E-state index in [1.54, 1.807) is 26.4 Å². The van der Waals surface area contributed by atoms with Gasteiger partial charge in [0.2, 0.25) is 5.91 Å². The Bertz CT molecular complexity index is 857.